The lowest BCUT2D eigenvalue weighted by atomic mass is 9.98. The van der Waals surface area contributed by atoms with Gasteiger partial charge in [-0.1, -0.05) is 11.6 Å². The Labute approximate surface area is 97.7 Å². The van der Waals surface area contributed by atoms with Gasteiger partial charge in [-0.25, -0.2) is 15.0 Å². The summed E-state index contributed by atoms with van der Waals surface area (Å²) in [6.45, 7) is 2.09. The zero-order valence-corrected chi connectivity index (χ0v) is 9.46. The van der Waals surface area contributed by atoms with Crippen LogP contribution in [-0.4, -0.2) is 33.0 Å². The second-order valence-corrected chi connectivity index (χ2v) is 4.37. The number of nitrogens with zero attached hydrogens (tertiary/aromatic N) is 3. The molecule has 0 amide bonds. The van der Waals surface area contributed by atoms with E-state index >= 15 is 0 Å². The van der Waals surface area contributed by atoms with E-state index in [1.807, 2.05) is 0 Å². The van der Waals surface area contributed by atoms with Crippen molar-refractivity contribution in [3.63, 3.8) is 0 Å². The van der Waals surface area contributed by atoms with Gasteiger partial charge in [0, 0.05) is 5.92 Å². The Hall–Kier alpha value is -1.20. The maximum Gasteiger partial charge on any atom is 0.182 e. The van der Waals surface area contributed by atoms with Crippen LogP contribution in [-0.2, 0) is 0 Å². The molecule has 1 aliphatic rings. The molecule has 0 saturated carbocycles. The number of piperidine rings is 1. The topological polar surface area (TPSA) is 66.5 Å². The summed E-state index contributed by atoms with van der Waals surface area (Å²) >= 11 is 5.97. The van der Waals surface area contributed by atoms with Crippen molar-refractivity contribution in [2.24, 2.45) is 0 Å². The summed E-state index contributed by atoms with van der Waals surface area (Å²) in [7, 11) is 0. The van der Waals surface area contributed by atoms with E-state index in [-0.39, 0.29) is 0 Å². The molecule has 1 fully saturated rings. The highest BCUT2D eigenvalue weighted by atomic mass is 35.5. The van der Waals surface area contributed by atoms with E-state index in [9.17, 15) is 0 Å². The number of rotatable bonds is 1. The van der Waals surface area contributed by atoms with Crippen LogP contribution >= 0.6 is 11.6 Å². The van der Waals surface area contributed by atoms with Crippen LogP contribution in [0.5, 0.6) is 0 Å². The maximum absolute atomic E-state index is 5.97. The first-order valence-corrected chi connectivity index (χ1v) is 5.79. The first kappa shape index (κ1) is 9.99. The molecule has 3 rings (SSSR count). The summed E-state index contributed by atoms with van der Waals surface area (Å²) in [5.41, 5.74) is 1.41. The number of aromatic amines is 1. The maximum atomic E-state index is 5.97. The second kappa shape index (κ2) is 3.99. The summed E-state index contributed by atoms with van der Waals surface area (Å²) in [4.78, 5) is 15.8. The molecule has 0 spiro atoms. The van der Waals surface area contributed by atoms with E-state index in [0.29, 0.717) is 16.7 Å². The van der Waals surface area contributed by atoms with Gasteiger partial charge in [-0.15, -0.1) is 0 Å². The Morgan fingerprint density at radius 2 is 2.06 bits per heavy atom. The van der Waals surface area contributed by atoms with Gasteiger partial charge in [0.1, 0.15) is 17.7 Å². The van der Waals surface area contributed by atoms with Crippen molar-refractivity contribution >= 4 is 22.8 Å². The van der Waals surface area contributed by atoms with Gasteiger partial charge in [-0.05, 0) is 25.9 Å². The van der Waals surface area contributed by atoms with Crippen molar-refractivity contribution in [3.8, 4) is 0 Å². The van der Waals surface area contributed by atoms with E-state index < -0.39 is 0 Å². The van der Waals surface area contributed by atoms with Crippen molar-refractivity contribution in [3.05, 3.63) is 17.3 Å². The molecule has 6 heteroatoms. The molecule has 2 aromatic heterocycles. The third-order valence-corrected chi connectivity index (χ3v) is 3.27. The number of hydrogen-bond acceptors (Lipinski definition) is 4. The molecule has 2 N–H and O–H groups in total. The Morgan fingerprint density at radius 1 is 1.25 bits per heavy atom. The Bertz CT molecular complexity index is 503. The molecular formula is C10H12ClN5. The molecule has 1 saturated heterocycles. The molecule has 2 aromatic rings. The molecule has 84 valence electrons. The highest BCUT2D eigenvalue weighted by molar-refractivity contribution is 6.33. The van der Waals surface area contributed by atoms with Crippen LogP contribution in [0.15, 0.2) is 6.33 Å². The van der Waals surface area contributed by atoms with E-state index in [1.54, 1.807) is 0 Å². The van der Waals surface area contributed by atoms with E-state index in [4.69, 9.17) is 11.6 Å². The lowest BCUT2D eigenvalue weighted by Gasteiger charge is -2.20. The summed E-state index contributed by atoms with van der Waals surface area (Å²) < 4.78 is 0. The number of fused-ring (bicyclic) bond motifs is 1. The highest BCUT2D eigenvalue weighted by Crippen LogP contribution is 2.25. The van der Waals surface area contributed by atoms with Crippen LogP contribution in [0, 0.1) is 0 Å². The molecular weight excluding hydrogens is 226 g/mol. The van der Waals surface area contributed by atoms with Crippen LogP contribution in [0.25, 0.3) is 11.2 Å². The van der Waals surface area contributed by atoms with Gasteiger partial charge in [0.15, 0.2) is 10.8 Å². The van der Waals surface area contributed by atoms with Gasteiger partial charge >= 0.3 is 0 Å². The molecule has 0 aliphatic carbocycles. The third kappa shape index (κ3) is 1.66. The number of hydrogen-bond donors (Lipinski definition) is 2. The number of H-pyrrole nitrogens is 1. The quantitative estimate of drug-likeness (QED) is 0.738. The van der Waals surface area contributed by atoms with Gasteiger partial charge in [-0.2, -0.15) is 0 Å². The summed E-state index contributed by atoms with van der Waals surface area (Å²) in [6, 6.07) is 0. The van der Waals surface area contributed by atoms with Crippen molar-refractivity contribution in [1.82, 2.24) is 25.3 Å². The third-order valence-electron chi connectivity index (χ3n) is 2.99. The predicted molar refractivity (Wildman–Crippen MR) is 61.5 cm³/mol. The van der Waals surface area contributed by atoms with Crippen LogP contribution in [0.3, 0.4) is 0 Å². The average molecular weight is 238 g/mol. The minimum absolute atomic E-state index is 0.442. The van der Waals surface area contributed by atoms with Crippen molar-refractivity contribution in [2.75, 3.05) is 13.1 Å². The van der Waals surface area contributed by atoms with Crippen molar-refractivity contribution in [1.29, 1.82) is 0 Å². The Morgan fingerprint density at radius 3 is 2.81 bits per heavy atom. The smallest absolute Gasteiger partial charge is 0.182 e. The molecule has 16 heavy (non-hydrogen) atoms. The highest BCUT2D eigenvalue weighted by Gasteiger charge is 2.19. The lowest BCUT2D eigenvalue weighted by Crippen LogP contribution is -2.27. The van der Waals surface area contributed by atoms with Gasteiger partial charge in [0.2, 0.25) is 0 Å². The number of imidazole rings is 1. The van der Waals surface area contributed by atoms with E-state index in [2.05, 4.69) is 25.3 Å². The molecule has 0 atom stereocenters. The SMILES string of the molecule is Clc1ncnc2nc(C3CCNCC3)[nH]c12. The van der Waals surface area contributed by atoms with Gasteiger partial charge in [0.25, 0.3) is 0 Å². The molecule has 0 bridgehead atoms. The number of nitrogens with one attached hydrogen (secondary N) is 2. The van der Waals surface area contributed by atoms with Crippen molar-refractivity contribution in [2.45, 2.75) is 18.8 Å². The number of aromatic nitrogens is 4. The minimum atomic E-state index is 0.442. The molecule has 0 radical (unpaired) electrons. The average Bonchev–Trinajstić information content (AvgIpc) is 2.76. The van der Waals surface area contributed by atoms with Crippen LogP contribution < -0.4 is 5.32 Å². The first-order valence-electron chi connectivity index (χ1n) is 5.41. The largest absolute Gasteiger partial charge is 0.338 e. The zero-order valence-electron chi connectivity index (χ0n) is 8.70. The van der Waals surface area contributed by atoms with E-state index in [1.165, 1.54) is 6.33 Å². The fourth-order valence-corrected chi connectivity index (χ4v) is 2.28. The standard InChI is InChI=1S/C10H12ClN5/c11-8-7-10(14-5-13-8)16-9(15-7)6-1-3-12-4-2-6/h5-6,12H,1-4H2,(H,13,14,15,16). The van der Waals surface area contributed by atoms with Crippen LogP contribution in [0.2, 0.25) is 5.15 Å². The van der Waals surface area contributed by atoms with Crippen LogP contribution in [0.4, 0.5) is 0 Å². The summed E-state index contributed by atoms with van der Waals surface area (Å²) in [5.74, 6) is 1.46. The second-order valence-electron chi connectivity index (χ2n) is 4.01. The Kier molecular flexibility index (Phi) is 2.49. The zero-order chi connectivity index (χ0) is 11.0. The fraction of sp³-hybridized carbons (Fsp3) is 0.500. The first-order chi connectivity index (χ1) is 7.84. The summed E-state index contributed by atoms with van der Waals surface area (Å²) in [6.07, 6.45) is 3.65. The molecule has 0 unspecified atom stereocenters. The van der Waals surface area contributed by atoms with E-state index in [0.717, 1.165) is 37.3 Å². The van der Waals surface area contributed by atoms with Gasteiger partial charge < -0.3 is 10.3 Å². The fourth-order valence-electron chi connectivity index (χ4n) is 2.11. The Balaban J connectivity index is 2.01. The molecule has 3 heterocycles. The van der Waals surface area contributed by atoms with Gasteiger partial charge in [-0.3, -0.25) is 0 Å². The summed E-state index contributed by atoms with van der Waals surface area (Å²) in [5, 5.41) is 3.78. The minimum Gasteiger partial charge on any atom is -0.338 e. The van der Waals surface area contributed by atoms with Crippen LogP contribution in [0.1, 0.15) is 24.6 Å². The monoisotopic (exact) mass is 237 g/mol. The number of halogens is 1. The molecule has 5 nitrogen and oxygen atoms in total. The normalized spacial score (nSPS) is 18.1. The van der Waals surface area contributed by atoms with Crippen molar-refractivity contribution < 1.29 is 0 Å². The van der Waals surface area contributed by atoms with Gasteiger partial charge in [0.05, 0.1) is 0 Å². The molecule has 0 aromatic carbocycles. The molecule has 1 aliphatic heterocycles. The lowest BCUT2D eigenvalue weighted by molar-refractivity contribution is 0.448. The predicted octanol–water partition coefficient (Wildman–Crippen LogP) is 1.47.